The Morgan fingerprint density at radius 1 is 1.23 bits per heavy atom. The van der Waals surface area contributed by atoms with Crippen molar-refractivity contribution >= 4 is 35.8 Å². The predicted octanol–water partition coefficient (Wildman–Crippen LogP) is 3.14. The molecule has 0 unspecified atom stereocenters. The van der Waals surface area contributed by atoms with Gasteiger partial charge in [-0.25, -0.2) is 4.39 Å². The number of halogens is 2. The highest BCUT2D eigenvalue weighted by Crippen LogP contribution is 2.22. The number of carbonyl (C=O) groups is 1. The Kier molecular flexibility index (Phi) is 9.55. The second-order valence-corrected chi connectivity index (χ2v) is 7.95. The largest absolute Gasteiger partial charge is 0.355 e. The topological polar surface area (TPSA) is 56.7 Å². The fourth-order valence-corrected chi connectivity index (χ4v) is 2.44. The minimum atomic E-state index is -0.285. The third-order valence-corrected chi connectivity index (χ3v) is 3.76. The van der Waals surface area contributed by atoms with Crippen molar-refractivity contribution in [3.05, 3.63) is 35.6 Å². The summed E-state index contributed by atoms with van der Waals surface area (Å²) in [7, 11) is 3.49. The van der Waals surface area contributed by atoms with Gasteiger partial charge in [0.25, 0.3) is 0 Å². The summed E-state index contributed by atoms with van der Waals surface area (Å²) in [6.45, 7) is 10.7. The molecule has 7 heteroatoms. The summed E-state index contributed by atoms with van der Waals surface area (Å²) >= 11 is 0. The molecule has 0 saturated carbocycles. The zero-order valence-electron chi connectivity index (χ0n) is 16.8. The third-order valence-electron chi connectivity index (χ3n) is 3.76. The first-order valence-electron chi connectivity index (χ1n) is 8.43. The van der Waals surface area contributed by atoms with E-state index in [1.807, 2.05) is 47.7 Å². The maximum absolute atomic E-state index is 13.5. The van der Waals surface area contributed by atoms with E-state index in [1.54, 1.807) is 24.1 Å². The fourth-order valence-electron chi connectivity index (χ4n) is 2.44. The lowest BCUT2D eigenvalue weighted by atomic mass is 9.84. The van der Waals surface area contributed by atoms with E-state index in [9.17, 15) is 9.18 Å². The van der Waals surface area contributed by atoms with Crippen LogP contribution in [0, 0.1) is 5.82 Å². The average Bonchev–Trinajstić information content (AvgIpc) is 2.45. The van der Waals surface area contributed by atoms with Crippen LogP contribution in [0.4, 0.5) is 4.39 Å². The summed E-state index contributed by atoms with van der Waals surface area (Å²) in [6.07, 6.45) is 0. The van der Waals surface area contributed by atoms with Crippen LogP contribution >= 0.6 is 24.0 Å². The first kappa shape index (κ1) is 24.6. The van der Waals surface area contributed by atoms with Gasteiger partial charge in [-0.05, 0) is 38.5 Å². The number of carbonyl (C=O) groups excluding carboxylic acids is 1. The van der Waals surface area contributed by atoms with Gasteiger partial charge in [-0.1, -0.05) is 26.0 Å². The van der Waals surface area contributed by atoms with Gasteiger partial charge in [0.2, 0.25) is 5.91 Å². The van der Waals surface area contributed by atoms with Crippen molar-refractivity contribution in [3.63, 3.8) is 0 Å². The lowest BCUT2D eigenvalue weighted by Crippen LogP contribution is -2.50. The van der Waals surface area contributed by atoms with Crippen LogP contribution in [0.2, 0.25) is 0 Å². The maximum Gasteiger partial charge on any atom is 0.240 e. The van der Waals surface area contributed by atoms with E-state index in [0.717, 1.165) is 5.56 Å². The molecule has 148 valence electrons. The first-order valence-corrected chi connectivity index (χ1v) is 8.43. The lowest BCUT2D eigenvalue weighted by Gasteiger charge is -2.30. The van der Waals surface area contributed by atoms with Gasteiger partial charge in [0.15, 0.2) is 5.96 Å². The van der Waals surface area contributed by atoms with E-state index in [2.05, 4.69) is 15.6 Å². The highest BCUT2D eigenvalue weighted by Gasteiger charge is 2.23. The zero-order chi connectivity index (χ0) is 19.3. The Bertz CT molecular complexity index is 626. The molecule has 0 radical (unpaired) electrons. The van der Waals surface area contributed by atoms with Gasteiger partial charge in [-0.15, -0.1) is 24.0 Å². The molecule has 0 aliphatic carbocycles. The monoisotopic (exact) mass is 478 g/mol. The normalized spacial score (nSPS) is 12.2. The minimum absolute atomic E-state index is 0. The number of hydrogen-bond acceptors (Lipinski definition) is 2. The Labute approximate surface area is 173 Å². The van der Waals surface area contributed by atoms with Crippen LogP contribution < -0.4 is 10.6 Å². The summed E-state index contributed by atoms with van der Waals surface area (Å²) < 4.78 is 13.5. The number of rotatable bonds is 5. The first-order chi connectivity index (χ1) is 11.4. The molecule has 0 aromatic heterocycles. The molecule has 0 heterocycles. The maximum atomic E-state index is 13.5. The Morgan fingerprint density at radius 2 is 1.85 bits per heavy atom. The predicted molar refractivity (Wildman–Crippen MR) is 117 cm³/mol. The number of likely N-dealkylation sites (N-methyl/N-ethyl adjacent to an activating group) is 1. The van der Waals surface area contributed by atoms with Crippen LogP contribution in [0.25, 0.3) is 0 Å². The molecule has 0 atom stereocenters. The molecule has 26 heavy (non-hydrogen) atoms. The van der Waals surface area contributed by atoms with Crippen LogP contribution in [0.3, 0.4) is 0 Å². The number of nitrogens with zero attached hydrogens (tertiary/aromatic N) is 2. The van der Waals surface area contributed by atoms with Crippen LogP contribution in [-0.4, -0.2) is 49.5 Å². The van der Waals surface area contributed by atoms with Crippen LogP contribution in [0.5, 0.6) is 0 Å². The molecular weight excluding hydrogens is 446 g/mol. The van der Waals surface area contributed by atoms with Crippen LogP contribution in [0.15, 0.2) is 29.3 Å². The number of amides is 1. The smallest absolute Gasteiger partial charge is 0.240 e. The second-order valence-electron chi connectivity index (χ2n) is 7.95. The van der Waals surface area contributed by atoms with Crippen molar-refractivity contribution in [2.24, 2.45) is 4.99 Å². The highest BCUT2D eigenvalue weighted by molar-refractivity contribution is 14.0. The Balaban J connectivity index is 0.00000625. The van der Waals surface area contributed by atoms with Gasteiger partial charge in [0.05, 0.1) is 6.54 Å². The molecule has 1 amide bonds. The van der Waals surface area contributed by atoms with E-state index in [0.29, 0.717) is 12.5 Å². The molecule has 5 nitrogen and oxygen atoms in total. The molecule has 1 rings (SSSR count). The molecule has 1 aromatic rings. The SMILES string of the molecule is CN=C(NCC(C)(C)c1cccc(F)c1)N(C)CC(=O)NC(C)(C)C.I. The second kappa shape index (κ2) is 10.1. The summed E-state index contributed by atoms with van der Waals surface area (Å²) in [5.41, 5.74) is 0.351. The van der Waals surface area contributed by atoms with Gasteiger partial charge >= 0.3 is 0 Å². The lowest BCUT2D eigenvalue weighted by molar-refractivity contribution is -0.122. The van der Waals surface area contributed by atoms with Crippen molar-refractivity contribution in [2.45, 2.75) is 45.6 Å². The van der Waals surface area contributed by atoms with Crippen molar-refractivity contribution in [1.82, 2.24) is 15.5 Å². The summed E-state index contributed by atoms with van der Waals surface area (Å²) in [5.74, 6) is 0.307. The van der Waals surface area contributed by atoms with Gasteiger partial charge < -0.3 is 15.5 Å². The molecule has 0 aliphatic heterocycles. The summed E-state index contributed by atoms with van der Waals surface area (Å²) in [6, 6.07) is 6.61. The highest BCUT2D eigenvalue weighted by atomic mass is 127. The quantitative estimate of drug-likeness (QED) is 0.389. The number of hydrogen-bond donors (Lipinski definition) is 2. The van der Waals surface area contributed by atoms with Gasteiger partial charge in [-0.3, -0.25) is 9.79 Å². The van der Waals surface area contributed by atoms with Crippen LogP contribution in [-0.2, 0) is 10.2 Å². The summed E-state index contributed by atoms with van der Waals surface area (Å²) in [4.78, 5) is 18.1. The van der Waals surface area contributed by atoms with Crippen molar-refractivity contribution < 1.29 is 9.18 Å². The minimum Gasteiger partial charge on any atom is -0.355 e. The third kappa shape index (κ3) is 8.33. The molecule has 0 bridgehead atoms. The molecule has 0 saturated heterocycles. The molecule has 0 fully saturated rings. The zero-order valence-corrected chi connectivity index (χ0v) is 19.1. The van der Waals surface area contributed by atoms with Gasteiger partial charge in [0.1, 0.15) is 5.82 Å². The molecule has 0 spiro atoms. The van der Waals surface area contributed by atoms with E-state index < -0.39 is 0 Å². The fraction of sp³-hybridized carbons (Fsp3) is 0.579. The molecular formula is C19H32FIN4O. The summed E-state index contributed by atoms with van der Waals surface area (Å²) in [5, 5.41) is 6.20. The molecule has 2 N–H and O–H groups in total. The number of benzene rings is 1. The van der Waals surface area contributed by atoms with Crippen LogP contribution in [0.1, 0.15) is 40.2 Å². The number of aliphatic imine (C=N–C) groups is 1. The van der Waals surface area contributed by atoms with E-state index >= 15 is 0 Å². The average molecular weight is 478 g/mol. The van der Waals surface area contributed by atoms with Crippen molar-refractivity contribution in [1.29, 1.82) is 0 Å². The molecule has 0 aliphatic rings. The van der Waals surface area contributed by atoms with Crippen molar-refractivity contribution in [3.8, 4) is 0 Å². The standard InChI is InChI=1S/C19H31FN4O.HI/c1-18(2,3)23-16(25)12-24(7)17(21-6)22-13-19(4,5)14-9-8-10-15(20)11-14;/h8-11H,12-13H2,1-7H3,(H,21,22)(H,23,25);1H. The number of guanidine groups is 1. The van der Waals surface area contributed by atoms with E-state index in [1.165, 1.54) is 6.07 Å². The van der Waals surface area contributed by atoms with Gasteiger partial charge in [0, 0.05) is 31.6 Å². The Morgan fingerprint density at radius 3 is 2.35 bits per heavy atom. The van der Waals surface area contributed by atoms with E-state index in [4.69, 9.17) is 0 Å². The Hall–Kier alpha value is -1.38. The van der Waals surface area contributed by atoms with Gasteiger partial charge in [-0.2, -0.15) is 0 Å². The molecule has 1 aromatic carbocycles. The van der Waals surface area contributed by atoms with Crippen molar-refractivity contribution in [2.75, 3.05) is 27.2 Å². The number of nitrogens with one attached hydrogen (secondary N) is 2. The van der Waals surface area contributed by atoms with E-state index in [-0.39, 0.29) is 53.2 Å².